The van der Waals surface area contributed by atoms with Gasteiger partial charge in [-0.25, -0.2) is 13.2 Å². The van der Waals surface area contributed by atoms with E-state index < -0.39 is 45.4 Å². The molecule has 1 aliphatic rings. The summed E-state index contributed by atoms with van der Waals surface area (Å²) in [5.74, 6) is -2.11. The molecule has 2 aromatic rings. The van der Waals surface area contributed by atoms with E-state index in [1.54, 1.807) is 19.9 Å². The van der Waals surface area contributed by atoms with Crippen LogP contribution in [-0.4, -0.2) is 69.5 Å². The van der Waals surface area contributed by atoms with Crippen LogP contribution in [0.25, 0.3) is 0 Å². The van der Waals surface area contributed by atoms with Gasteiger partial charge in [-0.15, -0.1) is 0 Å². The Balaban J connectivity index is 2.20. The predicted octanol–water partition coefficient (Wildman–Crippen LogP) is 3.00. The Morgan fingerprint density at radius 3 is 2.05 bits per heavy atom. The fourth-order valence-electron chi connectivity index (χ4n) is 4.11. The Kier molecular flexibility index (Phi) is 8.61. The molecule has 1 heterocycles. The lowest BCUT2D eigenvalue weighted by molar-refractivity contribution is -0.114. The molecule has 0 bridgehead atoms. The number of rotatable bonds is 10. The van der Waals surface area contributed by atoms with Crippen molar-refractivity contribution in [3.05, 3.63) is 47.0 Å². The number of amides is 4. The Morgan fingerprint density at radius 2 is 1.55 bits per heavy atom. The van der Waals surface area contributed by atoms with Crippen molar-refractivity contribution >= 4 is 45.0 Å². The number of methoxy groups -OCH3 is 1. The topological polar surface area (TPSA) is 157 Å². The molecule has 0 radical (unpaired) electrons. The second-order valence-corrected chi connectivity index (χ2v) is 10.6. The van der Waals surface area contributed by atoms with Crippen LogP contribution in [0.2, 0.25) is 0 Å². The Hall–Kier alpha value is -4.13. The highest BCUT2D eigenvalue weighted by Gasteiger charge is 2.45. The first-order chi connectivity index (χ1) is 17.9. The second kappa shape index (κ2) is 11.5. The number of fused-ring (bicyclic) bond motifs is 1. The monoisotopic (exact) mass is 547 g/mol. The van der Waals surface area contributed by atoms with Gasteiger partial charge in [-0.1, -0.05) is 6.07 Å². The number of hydrogen-bond donors (Lipinski definition) is 2. The molecular formula is C25H29N3O9S. The molecule has 2 N–H and O–H groups in total. The van der Waals surface area contributed by atoms with E-state index in [9.17, 15) is 27.6 Å². The van der Waals surface area contributed by atoms with Crippen LogP contribution in [0.5, 0.6) is 11.5 Å². The van der Waals surface area contributed by atoms with Crippen LogP contribution in [0.15, 0.2) is 30.3 Å². The van der Waals surface area contributed by atoms with Gasteiger partial charge in [0, 0.05) is 13.2 Å². The van der Waals surface area contributed by atoms with E-state index in [1.807, 2.05) is 0 Å². The van der Waals surface area contributed by atoms with Gasteiger partial charge >= 0.3 is 6.09 Å². The third-order valence-corrected chi connectivity index (χ3v) is 6.46. The average molecular weight is 548 g/mol. The van der Waals surface area contributed by atoms with Crippen LogP contribution >= 0.6 is 0 Å². The normalized spacial score (nSPS) is 13.6. The summed E-state index contributed by atoms with van der Waals surface area (Å²) in [7, 11) is -2.29. The van der Waals surface area contributed by atoms with Crippen molar-refractivity contribution in [3.8, 4) is 11.5 Å². The van der Waals surface area contributed by atoms with Gasteiger partial charge in [-0.05, 0) is 43.7 Å². The van der Waals surface area contributed by atoms with E-state index in [1.165, 1.54) is 38.3 Å². The van der Waals surface area contributed by atoms with Crippen molar-refractivity contribution < 1.29 is 41.8 Å². The van der Waals surface area contributed by atoms with Crippen LogP contribution < -0.4 is 20.1 Å². The Morgan fingerprint density at radius 1 is 0.947 bits per heavy atom. The number of nitrogens with zero attached hydrogens (tertiary/aromatic N) is 1. The van der Waals surface area contributed by atoms with E-state index >= 15 is 0 Å². The van der Waals surface area contributed by atoms with Crippen LogP contribution in [0, 0.1) is 0 Å². The second-order valence-electron chi connectivity index (χ2n) is 8.37. The molecule has 0 aromatic heterocycles. The van der Waals surface area contributed by atoms with Crippen molar-refractivity contribution in [1.29, 1.82) is 0 Å². The number of imide groups is 1. The molecule has 1 atom stereocenters. The van der Waals surface area contributed by atoms with Crippen LogP contribution in [0.4, 0.5) is 16.2 Å². The van der Waals surface area contributed by atoms with Gasteiger partial charge in [0.1, 0.15) is 9.84 Å². The number of sulfone groups is 1. The molecule has 0 saturated carbocycles. The maximum atomic E-state index is 13.8. The minimum atomic E-state index is -3.73. The number of carbonyl (C=O) groups is 4. The molecule has 0 spiro atoms. The SMILES string of the molecule is CCOC(=O)Nc1ccc(NC(C)=O)c2c1C(=O)N([C@H](CS(C)(=O)=O)c1ccc(OC)c(OCC)c1)C2=O. The van der Waals surface area contributed by atoms with Crippen molar-refractivity contribution in [1.82, 2.24) is 4.90 Å². The Labute approximate surface area is 220 Å². The number of nitrogens with one attached hydrogen (secondary N) is 2. The molecule has 13 heteroatoms. The fourth-order valence-corrected chi connectivity index (χ4v) is 5.03. The van der Waals surface area contributed by atoms with E-state index in [-0.39, 0.29) is 35.7 Å². The largest absolute Gasteiger partial charge is 0.493 e. The number of carbonyl (C=O) groups excluding carboxylic acids is 4. The van der Waals surface area contributed by atoms with Crippen LogP contribution in [0.1, 0.15) is 53.1 Å². The van der Waals surface area contributed by atoms with E-state index in [2.05, 4.69) is 10.6 Å². The average Bonchev–Trinajstić information content (AvgIpc) is 3.09. The summed E-state index contributed by atoms with van der Waals surface area (Å²) in [6.45, 7) is 4.93. The number of anilines is 2. The molecule has 4 amide bonds. The predicted molar refractivity (Wildman–Crippen MR) is 139 cm³/mol. The number of benzene rings is 2. The summed E-state index contributed by atoms with van der Waals surface area (Å²) in [6.07, 6.45) is 0.131. The molecule has 2 aromatic carbocycles. The van der Waals surface area contributed by atoms with Crippen molar-refractivity contribution in [3.63, 3.8) is 0 Å². The minimum absolute atomic E-state index is 0.0313. The molecule has 0 fully saturated rings. The highest BCUT2D eigenvalue weighted by Crippen LogP contribution is 2.41. The smallest absolute Gasteiger partial charge is 0.411 e. The molecule has 12 nitrogen and oxygen atoms in total. The summed E-state index contributed by atoms with van der Waals surface area (Å²) in [6, 6.07) is 6.04. The highest BCUT2D eigenvalue weighted by atomic mass is 32.2. The molecule has 0 aliphatic carbocycles. The first-order valence-electron chi connectivity index (χ1n) is 11.7. The summed E-state index contributed by atoms with van der Waals surface area (Å²) in [5.41, 5.74) is -0.0834. The number of ether oxygens (including phenoxy) is 3. The number of hydrogen-bond acceptors (Lipinski definition) is 9. The third kappa shape index (κ3) is 6.05. The maximum absolute atomic E-state index is 13.8. The molecule has 3 rings (SSSR count). The first-order valence-corrected chi connectivity index (χ1v) is 13.7. The summed E-state index contributed by atoms with van der Waals surface area (Å²) in [4.78, 5) is 52.3. The van der Waals surface area contributed by atoms with Gasteiger partial charge < -0.3 is 19.5 Å². The van der Waals surface area contributed by atoms with Gasteiger partial charge in [0.15, 0.2) is 11.5 Å². The summed E-state index contributed by atoms with van der Waals surface area (Å²) in [5, 5.41) is 4.95. The zero-order valence-corrected chi connectivity index (χ0v) is 22.4. The Bertz CT molecular complexity index is 1390. The molecule has 38 heavy (non-hydrogen) atoms. The zero-order chi connectivity index (χ0) is 28.2. The minimum Gasteiger partial charge on any atom is -0.493 e. The zero-order valence-electron chi connectivity index (χ0n) is 21.6. The highest BCUT2D eigenvalue weighted by molar-refractivity contribution is 7.90. The molecular weight excluding hydrogens is 518 g/mol. The van der Waals surface area contributed by atoms with Crippen LogP contribution in [0.3, 0.4) is 0 Å². The van der Waals surface area contributed by atoms with Crippen molar-refractivity contribution in [2.24, 2.45) is 0 Å². The van der Waals surface area contributed by atoms with Gasteiger partial charge in [-0.2, -0.15) is 0 Å². The van der Waals surface area contributed by atoms with E-state index in [4.69, 9.17) is 14.2 Å². The summed E-state index contributed by atoms with van der Waals surface area (Å²) >= 11 is 0. The quantitative estimate of drug-likeness (QED) is 0.427. The molecule has 0 unspecified atom stereocenters. The van der Waals surface area contributed by atoms with E-state index in [0.717, 1.165) is 11.2 Å². The first kappa shape index (κ1) is 28.4. The lowest BCUT2D eigenvalue weighted by Gasteiger charge is -2.27. The fraction of sp³-hybridized carbons (Fsp3) is 0.360. The third-order valence-electron chi connectivity index (χ3n) is 5.54. The van der Waals surface area contributed by atoms with Crippen molar-refractivity contribution in [2.45, 2.75) is 26.8 Å². The van der Waals surface area contributed by atoms with Gasteiger partial charge in [0.05, 0.1) is 54.6 Å². The van der Waals surface area contributed by atoms with Crippen molar-refractivity contribution in [2.75, 3.05) is 43.0 Å². The van der Waals surface area contributed by atoms with Gasteiger partial charge in [0.25, 0.3) is 11.8 Å². The molecule has 0 saturated heterocycles. The molecule has 204 valence electrons. The van der Waals surface area contributed by atoms with Crippen LogP contribution in [-0.2, 0) is 19.4 Å². The lowest BCUT2D eigenvalue weighted by atomic mass is 10.0. The molecule has 1 aliphatic heterocycles. The van der Waals surface area contributed by atoms with E-state index in [0.29, 0.717) is 17.1 Å². The van der Waals surface area contributed by atoms with Gasteiger partial charge in [0.2, 0.25) is 5.91 Å². The summed E-state index contributed by atoms with van der Waals surface area (Å²) < 4.78 is 40.7. The lowest BCUT2D eigenvalue weighted by Crippen LogP contribution is -2.38. The maximum Gasteiger partial charge on any atom is 0.411 e. The standard InChI is InChI=1S/C25H29N3O9S/c1-6-36-20-12-15(8-11-19(20)35-4)18(13-38(5,33)34)28-23(30)21-16(26-14(3)29)9-10-17(22(21)24(28)31)27-25(32)37-7-2/h8-12,18H,6-7,13H2,1-5H3,(H,26,29)(H,27,32)/t18-/m1/s1. The van der Waals surface area contributed by atoms with Gasteiger partial charge in [-0.3, -0.25) is 24.6 Å².